The topological polar surface area (TPSA) is 307 Å². The number of aliphatic hydroxyl groups is 11. The van der Waals surface area contributed by atoms with E-state index in [1.54, 1.807) is 6.08 Å². The van der Waals surface area contributed by atoms with Crippen LogP contribution < -0.4 is 5.32 Å². The first-order valence-corrected chi connectivity index (χ1v) is 33.4. The maximum atomic E-state index is 13.4. The smallest absolute Gasteiger partial charge is 0.220 e. The number of nitrogens with one attached hydrogen (secondary N) is 1. The maximum absolute atomic E-state index is 13.4. The Morgan fingerprint density at radius 2 is 0.747 bits per heavy atom. The molecule has 0 aromatic heterocycles. The van der Waals surface area contributed by atoms with E-state index in [1.165, 1.54) is 186 Å². The van der Waals surface area contributed by atoms with E-state index in [2.05, 4.69) is 19.2 Å². The molecule has 3 rings (SSSR count). The van der Waals surface area contributed by atoms with E-state index in [0.717, 1.165) is 44.9 Å². The van der Waals surface area contributed by atoms with Gasteiger partial charge in [0.1, 0.15) is 73.2 Å². The van der Waals surface area contributed by atoms with Gasteiger partial charge in [-0.25, -0.2) is 0 Å². The molecule has 17 atom stereocenters. The zero-order valence-corrected chi connectivity index (χ0v) is 51.4. The molecule has 0 bridgehead atoms. The molecule has 490 valence electrons. The van der Waals surface area contributed by atoms with Crippen LogP contribution >= 0.6 is 0 Å². The first kappa shape index (κ1) is 75.8. The highest BCUT2D eigenvalue weighted by molar-refractivity contribution is 5.76. The first-order chi connectivity index (χ1) is 40.3. The minimum atomic E-state index is -1.97. The predicted octanol–water partition coefficient (Wildman–Crippen LogP) is 7.72. The molecule has 3 saturated heterocycles. The molecule has 0 radical (unpaired) electrons. The number of rotatable bonds is 51. The fraction of sp³-hybridized carbons (Fsp3) is 0.953. The van der Waals surface area contributed by atoms with Crippen molar-refractivity contribution in [3.8, 4) is 0 Å². The lowest BCUT2D eigenvalue weighted by atomic mass is 9.96. The van der Waals surface area contributed by atoms with Gasteiger partial charge >= 0.3 is 0 Å². The van der Waals surface area contributed by atoms with Gasteiger partial charge in [-0.15, -0.1) is 0 Å². The highest BCUT2D eigenvalue weighted by Crippen LogP contribution is 2.33. The van der Waals surface area contributed by atoms with Crippen molar-refractivity contribution in [1.29, 1.82) is 0 Å². The summed E-state index contributed by atoms with van der Waals surface area (Å²) in [5, 5.41) is 120. The Kier molecular flexibility index (Phi) is 43.4. The van der Waals surface area contributed by atoms with Crippen molar-refractivity contribution in [2.24, 2.45) is 0 Å². The van der Waals surface area contributed by atoms with Crippen LogP contribution in [0, 0.1) is 0 Å². The molecule has 3 aliphatic heterocycles. The molecule has 83 heavy (non-hydrogen) atoms. The molecule has 3 heterocycles. The SMILES string of the molecule is CCCCCCCCCCCCC/C=C/C(O)C(COC1OC(CO)C(OC2OC(CO)C(OC3OC(CO)C(O)C(O)C3O)C(O)C2O)C(O)C1O)NC(=O)CCCCCCCCCCCCCCCCCCCCCCCCCCC. The monoisotopic (exact) mass is 1190 g/mol. The molecule has 0 aromatic carbocycles. The molecule has 0 aliphatic carbocycles. The normalized spacial score (nSPS) is 29.4. The molecule has 0 spiro atoms. The third kappa shape index (κ3) is 30.5. The lowest BCUT2D eigenvalue weighted by Gasteiger charge is -2.48. The first-order valence-electron chi connectivity index (χ1n) is 33.4. The number of carbonyl (C=O) groups is 1. The Bertz CT molecular complexity index is 1560. The summed E-state index contributed by atoms with van der Waals surface area (Å²) in [6.45, 7) is 1.75. The second kappa shape index (κ2) is 47.5. The van der Waals surface area contributed by atoms with Crippen LogP contribution in [0.4, 0.5) is 0 Å². The zero-order chi connectivity index (χ0) is 60.5. The Hall–Kier alpha value is -1.47. The molecule has 0 saturated carbocycles. The summed E-state index contributed by atoms with van der Waals surface area (Å²) in [5.41, 5.74) is 0. The second-order valence-electron chi connectivity index (χ2n) is 24.3. The Labute approximate surface area is 499 Å². The highest BCUT2D eigenvalue weighted by Gasteiger charge is 2.53. The predicted molar refractivity (Wildman–Crippen MR) is 319 cm³/mol. The minimum Gasteiger partial charge on any atom is -0.394 e. The summed E-state index contributed by atoms with van der Waals surface area (Å²) in [4.78, 5) is 13.4. The van der Waals surface area contributed by atoms with Gasteiger partial charge in [0.25, 0.3) is 0 Å². The molecule has 12 N–H and O–H groups in total. The van der Waals surface area contributed by atoms with Gasteiger partial charge in [0.2, 0.25) is 5.91 Å². The van der Waals surface area contributed by atoms with E-state index in [0.29, 0.717) is 6.42 Å². The van der Waals surface area contributed by atoms with Crippen molar-refractivity contribution < 1.29 is 89.4 Å². The van der Waals surface area contributed by atoms with E-state index in [-0.39, 0.29) is 18.9 Å². The fourth-order valence-corrected chi connectivity index (χ4v) is 11.6. The lowest BCUT2D eigenvalue weighted by molar-refractivity contribution is -0.379. The Morgan fingerprint density at radius 1 is 0.422 bits per heavy atom. The van der Waals surface area contributed by atoms with Crippen molar-refractivity contribution >= 4 is 5.91 Å². The maximum Gasteiger partial charge on any atom is 0.220 e. The average Bonchev–Trinajstić information content (AvgIpc) is 3.31. The average molecular weight is 1190 g/mol. The number of hydrogen-bond donors (Lipinski definition) is 12. The summed E-state index contributed by atoms with van der Waals surface area (Å²) in [7, 11) is 0. The van der Waals surface area contributed by atoms with Gasteiger partial charge in [0.15, 0.2) is 18.9 Å². The minimum absolute atomic E-state index is 0.249. The molecule has 1 amide bonds. The van der Waals surface area contributed by atoms with E-state index in [9.17, 15) is 61.0 Å². The molecule has 3 aliphatic rings. The van der Waals surface area contributed by atoms with Gasteiger partial charge in [0.05, 0.1) is 38.6 Å². The summed E-state index contributed by atoms with van der Waals surface area (Å²) in [5.74, 6) is -0.271. The van der Waals surface area contributed by atoms with E-state index < -0.39 is 124 Å². The van der Waals surface area contributed by atoms with Gasteiger partial charge in [0, 0.05) is 6.42 Å². The number of carbonyl (C=O) groups excluding carboxylic acids is 1. The number of unbranched alkanes of at least 4 members (excludes halogenated alkanes) is 35. The largest absolute Gasteiger partial charge is 0.394 e. The Morgan fingerprint density at radius 3 is 1.13 bits per heavy atom. The molecule has 19 heteroatoms. The van der Waals surface area contributed by atoms with Crippen LogP contribution in [0.1, 0.15) is 258 Å². The summed E-state index contributed by atoms with van der Waals surface area (Å²) >= 11 is 0. The molecular weight excluding hydrogens is 1070 g/mol. The lowest BCUT2D eigenvalue weighted by Crippen LogP contribution is -2.66. The van der Waals surface area contributed by atoms with Crippen molar-refractivity contribution in [2.45, 2.75) is 362 Å². The van der Waals surface area contributed by atoms with Gasteiger partial charge in [-0.3, -0.25) is 4.79 Å². The summed E-state index contributed by atoms with van der Waals surface area (Å²) < 4.78 is 34.3. The van der Waals surface area contributed by atoms with Crippen molar-refractivity contribution in [2.75, 3.05) is 26.4 Å². The van der Waals surface area contributed by atoms with Crippen LogP contribution in [0.2, 0.25) is 0 Å². The number of aliphatic hydroxyl groups excluding tert-OH is 11. The van der Waals surface area contributed by atoms with Gasteiger partial charge in [-0.2, -0.15) is 0 Å². The zero-order valence-electron chi connectivity index (χ0n) is 51.4. The molecular formula is C64H121NO18. The van der Waals surface area contributed by atoms with E-state index >= 15 is 0 Å². The van der Waals surface area contributed by atoms with Crippen LogP contribution in [0.25, 0.3) is 0 Å². The number of allylic oxidation sites excluding steroid dienone is 1. The van der Waals surface area contributed by atoms with Crippen LogP contribution in [-0.2, 0) is 33.2 Å². The molecule has 0 aromatic rings. The van der Waals surface area contributed by atoms with Gasteiger partial charge in [-0.05, 0) is 19.3 Å². The summed E-state index contributed by atoms with van der Waals surface area (Å²) in [6.07, 6.45) is 23.4. The molecule has 3 fully saturated rings. The van der Waals surface area contributed by atoms with Crippen LogP contribution in [0.3, 0.4) is 0 Å². The van der Waals surface area contributed by atoms with Crippen molar-refractivity contribution in [1.82, 2.24) is 5.32 Å². The number of ether oxygens (including phenoxy) is 6. The second-order valence-corrected chi connectivity index (χ2v) is 24.3. The molecule has 19 nitrogen and oxygen atoms in total. The van der Waals surface area contributed by atoms with E-state index in [4.69, 9.17) is 28.4 Å². The quantitative estimate of drug-likeness (QED) is 0.0205. The number of hydrogen-bond acceptors (Lipinski definition) is 18. The van der Waals surface area contributed by atoms with Crippen molar-refractivity contribution in [3.05, 3.63) is 12.2 Å². The van der Waals surface area contributed by atoms with Crippen LogP contribution in [0.5, 0.6) is 0 Å². The summed E-state index contributed by atoms with van der Waals surface area (Å²) in [6, 6.07) is -0.967. The number of amides is 1. The van der Waals surface area contributed by atoms with Crippen LogP contribution in [0.15, 0.2) is 12.2 Å². The van der Waals surface area contributed by atoms with Gasteiger partial charge < -0.3 is 89.9 Å². The highest BCUT2D eigenvalue weighted by atomic mass is 16.8. The molecule has 17 unspecified atom stereocenters. The van der Waals surface area contributed by atoms with Crippen LogP contribution in [-0.4, -0.2) is 193 Å². The van der Waals surface area contributed by atoms with Crippen molar-refractivity contribution in [3.63, 3.8) is 0 Å². The third-order valence-electron chi connectivity index (χ3n) is 17.1. The standard InChI is InChI=1S/C64H121NO18/c1-3-5-7-9-11-13-15-17-18-19-20-21-22-23-24-25-26-27-28-30-32-34-36-38-40-42-52(70)65-47(48(69)41-39-37-35-33-31-29-16-14-12-10-8-6-4-2)46-78-62-58(76)55(73)60(50(44-67)80-62)83-64-59(77)56(74)61(51(45-68)81-64)82-63-57(75)54(72)53(71)49(43-66)79-63/h39,41,47-51,53-64,66-69,71-77H,3-38,40,42-46H2,1-2H3,(H,65,70)/b41-39+. The fourth-order valence-electron chi connectivity index (χ4n) is 11.6. The Balaban J connectivity index is 1.42. The van der Waals surface area contributed by atoms with E-state index in [1.807, 2.05) is 6.08 Å². The van der Waals surface area contributed by atoms with Gasteiger partial charge in [-0.1, -0.05) is 244 Å². The third-order valence-corrected chi connectivity index (χ3v) is 17.1.